The summed E-state index contributed by atoms with van der Waals surface area (Å²) in [7, 11) is 0. The predicted molar refractivity (Wildman–Crippen MR) is 120 cm³/mol. The van der Waals surface area contributed by atoms with Crippen LogP contribution in [-0.4, -0.2) is 84.9 Å². The number of aliphatic hydroxyl groups excluding tert-OH is 1. The summed E-state index contributed by atoms with van der Waals surface area (Å²) in [5.74, 6) is 0.852. The molecule has 2 aromatic carbocycles. The van der Waals surface area contributed by atoms with Gasteiger partial charge in [-0.25, -0.2) is 0 Å². The number of benzene rings is 2. The Morgan fingerprint density at radius 2 is 1.79 bits per heavy atom. The first kappa shape index (κ1) is 21.7. The summed E-state index contributed by atoms with van der Waals surface area (Å²) in [5.41, 5.74) is 2.16. The smallest absolute Gasteiger partial charge is 0.257 e. The number of hydrogen-bond donors (Lipinski definition) is 1. The molecule has 0 unspecified atom stereocenters. The number of aliphatic hydroxyl groups is 1. The van der Waals surface area contributed by atoms with Gasteiger partial charge in [0, 0.05) is 37.7 Å². The second-order valence-corrected chi connectivity index (χ2v) is 8.67. The van der Waals surface area contributed by atoms with Gasteiger partial charge in [-0.05, 0) is 30.2 Å². The van der Waals surface area contributed by atoms with Gasteiger partial charge in [0.1, 0.15) is 24.2 Å². The molecule has 0 radical (unpaired) electrons. The molecule has 0 aliphatic carbocycles. The van der Waals surface area contributed by atoms with Crippen molar-refractivity contribution in [3.05, 3.63) is 59.2 Å². The standard InChI is InChI=1S/C25H28N2O6/c28-18(14-26-9-7-17-3-1-2-4-21(17)24(26)29)15-27-10-12-32-23-13-19(5-6-22(23)25(27)30)33-20-8-11-31-16-20/h1-6,13,18,20,28H,7-12,14-16H2/t18-,20+/m1/s1. The van der Waals surface area contributed by atoms with Crippen molar-refractivity contribution in [2.45, 2.75) is 25.0 Å². The molecule has 1 fully saturated rings. The van der Waals surface area contributed by atoms with Crippen LogP contribution < -0.4 is 9.47 Å². The van der Waals surface area contributed by atoms with E-state index in [0.29, 0.717) is 55.5 Å². The van der Waals surface area contributed by atoms with E-state index in [4.69, 9.17) is 14.2 Å². The Kier molecular flexibility index (Phi) is 6.20. The van der Waals surface area contributed by atoms with Gasteiger partial charge in [0.05, 0.1) is 31.4 Å². The third-order valence-corrected chi connectivity index (χ3v) is 6.33. The number of carbonyl (C=O) groups excluding carboxylic acids is 2. The summed E-state index contributed by atoms with van der Waals surface area (Å²) in [6.07, 6.45) is 0.763. The summed E-state index contributed by atoms with van der Waals surface area (Å²) >= 11 is 0. The van der Waals surface area contributed by atoms with Gasteiger partial charge in [-0.3, -0.25) is 9.59 Å². The highest BCUT2D eigenvalue weighted by Gasteiger charge is 2.29. The largest absolute Gasteiger partial charge is 0.491 e. The third-order valence-electron chi connectivity index (χ3n) is 6.33. The van der Waals surface area contributed by atoms with Crippen LogP contribution in [0.3, 0.4) is 0 Å². The molecule has 0 aromatic heterocycles. The molecule has 0 bridgehead atoms. The fourth-order valence-corrected chi connectivity index (χ4v) is 4.60. The van der Waals surface area contributed by atoms with E-state index in [9.17, 15) is 14.7 Å². The van der Waals surface area contributed by atoms with E-state index in [0.717, 1.165) is 18.4 Å². The molecule has 1 N–H and O–H groups in total. The van der Waals surface area contributed by atoms with Crippen molar-refractivity contribution in [1.82, 2.24) is 9.80 Å². The summed E-state index contributed by atoms with van der Waals surface area (Å²) in [5, 5.41) is 10.7. The van der Waals surface area contributed by atoms with Gasteiger partial charge in [-0.15, -0.1) is 0 Å². The quantitative estimate of drug-likeness (QED) is 0.719. The zero-order valence-electron chi connectivity index (χ0n) is 18.4. The van der Waals surface area contributed by atoms with E-state index in [2.05, 4.69) is 0 Å². The van der Waals surface area contributed by atoms with Crippen LogP contribution in [0.25, 0.3) is 0 Å². The van der Waals surface area contributed by atoms with Crippen molar-refractivity contribution >= 4 is 11.8 Å². The number of ether oxygens (including phenoxy) is 3. The van der Waals surface area contributed by atoms with Gasteiger partial charge in [0.25, 0.3) is 11.8 Å². The molecule has 33 heavy (non-hydrogen) atoms. The Morgan fingerprint density at radius 1 is 1.00 bits per heavy atom. The maximum atomic E-state index is 13.1. The van der Waals surface area contributed by atoms with Gasteiger partial charge in [0.15, 0.2) is 0 Å². The average molecular weight is 453 g/mol. The predicted octanol–water partition coefficient (Wildman–Crippen LogP) is 1.75. The number of β-amino-alcohol motifs (C(OH)–C–C–N with tert-alkyl or cyclic N) is 1. The van der Waals surface area contributed by atoms with Gasteiger partial charge in [-0.2, -0.15) is 0 Å². The molecule has 0 spiro atoms. The highest BCUT2D eigenvalue weighted by molar-refractivity contribution is 5.98. The van der Waals surface area contributed by atoms with Crippen molar-refractivity contribution in [2.24, 2.45) is 0 Å². The van der Waals surface area contributed by atoms with Crippen LogP contribution >= 0.6 is 0 Å². The van der Waals surface area contributed by atoms with E-state index in [1.54, 1.807) is 28.0 Å². The fraction of sp³-hybridized carbons (Fsp3) is 0.440. The van der Waals surface area contributed by atoms with Gasteiger partial charge in [-0.1, -0.05) is 18.2 Å². The lowest BCUT2D eigenvalue weighted by Crippen LogP contribution is -2.47. The minimum absolute atomic E-state index is 0.0145. The lowest BCUT2D eigenvalue weighted by molar-refractivity contribution is 0.0449. The fourth-order valence-electron chi connectivity index (χ4n) is 4.60. The number of rotatable bonds is 6. The van der Waals surface area contributed by atoms with Gasteiger partial charge >= 0.3 is 0 Å². The molecule has 2 atom stereocenters. The van der Waals surface area contributed by atoms with E-state index < -0.39 is 6.10 Å². The number of fused-ring (bicyclic) bond motifs is 2. The number of amides is 2. The van der Waals surface area contributed by atoms with Crippen molar-refractivity contribution in [3.63, 3.8) is 0 Å². The van der Waals surface area contributed by atoms with E-state index >= 15 is 0 Å². The van der Waals surface area contributed by atoms with Crippen LogP contribution in [-0.2, 0) is 11.2 Å². The molecule has 3 heterocycles. The highest BCUT2D eigenvalue weighted by atomic mass is 16.5. The van der Waals surface area contributed by atoms with Crippen LogP contribution in [0, 0.1) is 0 Å². The molecular weight excluding hydrogens is 424 g/mol. The van der Waals surface area contributed by atoms with E-state index in [1.165, 1.54) is 0 Å². The lowest BCUT2D eigenvalue weighted by atomic mass is 9.99. The van der Waals surface area contributed by atoms with Gasteiger partial charge in [0.2, 0.25) is 0 Å². The molecule has 8 heteroatoms. The Balaban J connectivity index is 1.22. The molecule has 1 saturated heterocycles. The zero-order valence-corrected chi connectivity index (χ0v) is 18.4. The summed E-state index contributed by atoms with van der Waals surface area (Å²) in [6, 6.07) is 12.8. The third kappa shape index (κ3) is 4.67. The van der Waals surface area contributed by atoms with Crippen molar-refractivity contribution < 1.29 is 28.9 Å². The number of carbonyl (C=O) groups is 2. The number of hydrogen-bond acceptors (Lipinski definition) is 6. The molecular formula is C25H28N2O6. The van der Waals surface area contributed by atoms with E-state index in [1.807, 2.05) is 24.3 Å². The normalized spacial score (nSPS) is 21.2. The minimum Gasteiger partial charge on any atom is -0.491 e. The zero-order chi connectivity index (χ0) is 22.8. The van der Waals surface area contributed by atoms with Crippen molar-refractivity contribution in [2.75, 3.05) is 46.0 Å². The van der Waals surface area contributed by atoms with Crippen LogP contribution in [0.2, 0.25) is 0 Å². The van der Waals surface area contributed by atoms with E-state index in [-0.39, 0.29) is 31.0 Å². The maximum Gasteiger partial charge on any atom is 0.257 e. The van der Waals surface area contributed by atoms with Crippen molar-refractivity contribution in [1.29, 1.82) is 0 Å². The first-order chi connectivity index (χ1) is 16.1. The molecule has 174 valence electrons. The SMILES string of the molecule is O=C1c2ccccc2CCN1C[C@@H](O)CN1CCOc2cc(O[C@H]3CCOC3)ccc2C1=O. The Bertz CT molecular complexity index is 1040. The molecule has 2 amide bonds. The molecule has 2 aromatic rings. The second kappa shape index (κ2) is 9.41. The molecule has 5 rings (SSSR count). The Labute approximate surface area is 192 Å². The van der Waals surface area contributed by atoms with Crippen LogP contribution in [0.5, 0.6) is 11.5 Å². The van der Waals surface area contributed by atoms with Crippen LogP contribution in [0.15, 0.2) is 42.5 Å². The Hall–Kier alpha value is -3.10. The van der Waals surface area contributed by atoms with Crippen molar-refractivity contribution in [3.8, 4) is 11.5 Å². The number of nitrogens with zero attached hydrogens (tertiary/aromatic N) is 2. The van der Waals surface area contributed by atoms with Crippen LogP contribution in [0.4, 0.5) is 0 Å². The first-order valence-electron chi connectivity index (χ1n) is 11.4. The highest BCUT2D eigenvalue weighted by Crippen LogP contribution is 2.29. The Morgan fingerprint density at radius 3 is 2.61 bits per heavy atom. The summed E-state index contributed by atoms with van der Waals surface area (Å²) in [6.45, 7) is 2.80. The molecule has 3 aliphatic rings. The maximum absolute atomic E-state index is 13.1. The average Bonchev–Trinajstić information content (AvgIpc) is 3.28. The van der Waals surface area contributed by atoms with Gasteiger partial charge < -0.3 is 29.1 Å². The monoisotopic (exact) mass is 452 g/mol. The summed E-state index contributed by atoms with van der Waals surface area (Å²) < 4.78 is 17.1. The molecule has 8 nitrogen and oxygen atoms in total. The second-order valence-electron chi connectivity index (χ2n) is 8.67. The van der Waals surface area contributed by atoms with Crippen LogP contribution in [0.1, 0.15) is 32.7 Å². The minimum atomic E-state index is -0.852. The molecule has 3 aliphatic heterocycles. The molecule has 0 saturated carbocycles. The lowest BCUT2D eigenvalue weighted by Gasteiger charge is -2.32. The summed E-state index contributed by atoms with van der Waals surface area (Å²) in [4.78, 5) is 29.2. The topological polar surface area (TPSA) is 88.5 Å². The first-order valence-corrected chi connectivity index (χ1v) is 11.4.